The number of methoxy groups -OCH3 is 1. The van der Waals surface area contributed by atoms with E-state index in [1.54, 1.807) is 0 Å². The summed E-state index contributed by atoms with van der Waals surface area (Å²) in [4.78, 5) is 16.8. The number of benzene rings is 1. The summed E-state index contributed by atoms with van der Waals surface area (Å²) in [5.74, 6) is 0.194. The predicted octanol–water partition coefficient (Wildman–Crippen LogP) is 1.42. The Bertz CT molecular complexity index is 733. The lowest BCUT2D eigenvalue weighted by molar-refractivity contribution is -0.155. The van der Waals surface area contributed by atoms with Gasteiger partial charge in [0.25, 0.3) is 0 Å². The van der Waals surface area contributed by atoms with Crippen molar-refractivity contribution in [2.45, 2.75) is 63.3 Å². The number of rotatable bonds is 6. The smallest absolute Gasteiger partial charge is 0.352 e. The number of carbonyl (C=O) groups is 1. The number of hydrogen-bond acceptors (Lipinski definition) is 8. The molecule has 1 aliphatic carbocycles. The Morgan fingerprint density at radius 1 is 1.16 bits per heavy atom. The van der Waals surface area contributed by atoms with Gasteiger partial charge in [0.2, 0.25) is 6.23 Å². The average Bonchev–Trinajstić information content (AvgIpc) is 3.28. The Hall–Kier alpha value is -1.81. The van der Waals surface area contributed by atoms with Crippen LogP contribution in [0.15, 0.2) is 36.4 Å². The molecule has 2 fully saturated rings. The summed E-state index contributed by atoms with van der Waals surface area (Å²) in [6.45, 7) is 2.71. The van der Waals surface area contributed by atoms with Crippen molar-refractivity contribution in [3.05, 3.63) is 47.5 Å². The highest BCUT2D eigenvalue weighted by Gasteiger charge is 2.31. The fourth-order valence-corrected chi connectivity index (χ4v) is 4.46. The zero-order chi connectivity index (χ0) is 21.5. The van der Waals surface area contributed by atoms with Crippen LogP contribution < -0.4 is 26.7 Å². The third-order valence-electron chi connectivity index (χ3n) is 6.38. The van der Waals surface area contributed by atoms with Crippen LogP contribution in [0, 0.1) is 5.92 Å². The van der Waals surface area contributed by atoms with Crippen molar-refractivity contribution in [2.24, 2.45) is 5.92 Å². The fourth-order valence-electron chi connectivity index (χ4n) is 4.46. The van der Waals surface area contributed by atoms with Gasteiger partial charge in [-0.15, -0.1) is 0 Å². The maximum atomic E-state index is 11.5. The second-order valence-electron chi connectivity index (χ2n) is 8.57. The van der Waals surface area contributed by atoms with Crippen LogP contribution in [0.2, 0.25) is 0 Å². The van der Waals surface area contributed by atoms with E-state index in [9.17, 15) is 4.79 Å². The molecule has 170 valence electrons. The summed E-state index contributed by atoms with van der Waals surface area (Å²) >= 11 is 0. The molecule has 2 heterocycles. The van der Waals surface area contributed by atoms with Gasteiger partial charge in [-0.25, -0.2) is 4.79 Å². The first-order valence-corrected chi connectivity index (χ1v) is 11.4. The van der Waals surface area contributed by atoms with Crippen LogP contribution in [0.5, 0.6) is 0 Å². The van der Waals surface area contributed by atoms with Gasteiger partial charge in [-0.2, -0.15) is 5.48 Å². The standard InChI is InChI=1S/C23H35N5O3/c1-30-23(29)22-27-21(28-31-22)18-11-9-16(10-12-18)13-25-20-15-24-19(14-26-20)17-7-5-3-2-4-6-8-17/h5,7,9-12,17,19-22,24-28H,2-4,6,8,13-15H2,1H3/b7-5-. The normalized spacial score (nSPS) is 32.7. The second kappa shape index (κ2) is 11.2. The lowest BCUT2D eigenvalue weighted by Crippen LogP contribution is -2.61. The van der Waals surface area contributed by atoms with Gasteiger partial charge < -0.3 is 10.1 Å². The zero-order valence-electron chi connectivity index (χ0n) is 18.2. The minimum atomic E-state index is -0.789. The molecule has 5 N–H and O–H groups in total. The molecular weight excluding hydrogens is 394 g/mol. The van der Waals surface area contributed by atoms with Crippen LogP contribution in [0.25, 0.3) is 0 Å². The molecule has 0 spiro atoms. The molecule has 0 aromatic heterocycles. The Kier molecular flexibility index (Phi) is 8.07. The molecule has 8 heteroatoms. The summed E-state index contributed by atoms with van der Waals surface area (Å²) in [7, 11) is 1.34. The second-order valence-corrected chi connectivity index (χ2v) is 8.57. The highest BCUT2D eigenvalue weighted by Crippen LogP contribution is 2.21. The minimum absolute atomic E-state index is 0.241. The lowest BCUT2D eigenvalue weighted by Gasteiger charge is -2.35. The molecule has 4 rings (SSSR count). The van der Waals surface area contributed by atoms with Gasteiger partial charge >= 0.3 is 5.97 Å². The fraction of sp³-hybridized carbons (Fsp3) is 0.609. The molecule has 0 radical (unpaired) electrons. The number of hydroxylamine groups is 1. The number of esters is 1. The Balaban J connectivity index is 1.20. The molecule has 2 saturated heterocycles. The van der Waals surface area contributed by atoms with Crippen molar-refractivity contribution in [3.8, 4) is 0 Å². The highest BCUT2D eigenvalue weighted by atomic mass is 16.7. The van der Waals surface area contributed by atoms with Gasteiger partial charge in [0.1, 0.15) is 6.17 Å². The first-order chi connectivity index (χ1) is 15.2. The maximum absolute atomic E-state index is 11.5. The van der Waals surface area contributed by atoms with E-state index >= 15 is 0 Å². The largest absolute Gasteiger partial charge is 0.466 e. The van der Waals surface area contributed by atoms with E-state index in [0.717, 1.165) is 25.2 Å². The molecule has 5 unspecified atom stereocenters. The van der Waals surface area contributed by atoms with Gasteiger partial charge in [-0.3, -0.25) is 20.8 Å². The van der Waals surface area contributed by atoms with Crippen molar-refractivity contribution >= 4 is 5.97 Å². The van der Waals surface area contributed by atoms with Gasteiger partial charge in [0.05, 0.1) is 13.3 Å². The number of allylic oxidation sites excluding steroid dienone is 1. The SMILES string of the molecule is COC(=O)C1NC(c2ccc(CNC3CNC(C4/C=C\CCCCC4)CN3)cc2)NO1. The van der Waals surface area contributed by atoms with E-state index in [1.807, 2.05) is 12.1 Å². The minimum Gasteiger partial charge on any atom is -0.466 e. The third-order valence-corrected chi connectivity index (χ3v) is 6.38. The monoisotopic (exact) mass is 429 g/mol. The van der Waals surface area contributed by atoms with E-state index in [0.29, 0.717) is 12.0 Å². The van der Waals surface area contributed by atoms with Gasteiger partial charge in [0, 0.05) is 25.7 Å². The first-order valence-electron chi connectivity index (χ1n) is 11.4. The van der Waals surface area contributed by atoms with Crippen molar-refractivity contribution in [2.75, 3.05) is 20.2 Å². The molecular formula is C23H35N5O3. The van der Waals surface area contributed by atoms with E-state index in [2.05, 4.69) is 55.8 Å². The van der Waals surface area contributed by atoms with E-state index in [-0.39, 0.29) is 12.3 Å². The molecule has 0 amide bonds. The molecule has 31 heavy (non-hydrogen) atoms. The van der Waals surface area contributed by atoms with E-state index in [1.165, 1.54) is 44.8 Å². The molecule has 1 aromatic carbocycles. The van der Waals surface area contributed by atoms with Gasteiger partial charge in [0.15, 0.2) is 0 Å². The predicted molar refractivity (Wildman–Crippen MR) is 118 cm³/mol. The van der Waals surface area contributed by atoms with Crippen LogP contribution in [0.1, 0.15) is 49.4 Å². The van der Waals surface area contributed by atoms with Crippen LogP contribution in [0.4, 0.5) is 0 Å². The number of hydrogen-bond donors (Lipinski definition) is 5. The quantitative estimate of drug-likeness (QED) is 0.342. The van der Waals surface area contributed by atoms with Crippen molar-refractivity contribution in [1.29, 1.82) is 0 Å². The highest BCUT2D eigenvalue weighted by molar-refractivity contribution is 5.74. The van der Waals surface area contributed by atoms with E-state index < -0.39 is 12.2 Å². The van der Waals surface area contributed by atoms with Crippen molar-refractivity contribution < 1.29 is 14.4 Å². The Morgan fingerprint density at radius 2 is 2.03 bits per heavy atom. The van der Waals surface area contributed by atoms with Crippen LogP contribution in [-0.4, -0.2) is 44.6 Å². The van der Waals surface area contributed by atoms with Crippen LogP contribution in [-0.2, 0) is 20.9 Å². The molecule has 8 nitrogen and oxygen atoms in total. The van der Waals surface area contributed by atoms with Crippen LogP contribution >= 0.6 is 0 Å². The molecule has 1 aromatic rings. The summed E-state index contributed by atoms with van der Waals surface area (Å²) in [5.41, 5.74) is 5.04. The molecule has 2 aliphatic heterocycles. The Labute approximate surface area is 184 Å². The first kappa shape index (κ1) is 22.4. The summed E-state index contributed by atoms with van der Waals surface area (Å²) < 4.78 is 4.69. The zero-order valence-corrected chi connectivity index (χ0v) is 18.2. The maximum Gasteiger partial charge on any atom is 0.352 e. The van der Waals surface area contributed by atoms with Crippen molar-refractivity contribution in [3.63, 3.8) is 0 Å². The number of piperazine rings is 1. The average molecular weight is 430 g/mol. The molecule has 3 aliphatic rings. The van der Waals surface area contributed by atoms with Gasteiger partial charge in [-0.05, 0) is 36.3 Å². The van der Waals surface area contributed by atoms with Crippen LogP contribution in [0.3, 0.4) is 0 Å². The number of nitrogens with one attached hydrogen (secondary N) is 5. The molecule has 5 atom stereocenters. The molecule has 0 saturated carbocycles. The third kappa shape index (κ3) is 6.12. The summed E-state index contributed by atoms with van der Waals surface area (Å²) in [6.07, 6.45) is 10.6. The molecule has 0 bridgehead atoms. The summed E-state index contributed by atoms with van der Waals surface area (Å²) in [6, 6.07) is 8.78. The lowest BCUT2D eigenvalue weighted by atomic mass is 9.89. The summed E-state index contributed by atoms with van der Waals surface area (Å²) in [5, 5.41) is 14.1. The van der Waals surface area contributed by atoms with Gasteiger partial charge in [-0.1, -0.05) is 49.3 Å². The number of carbonyl (C=O) groups excluding carboxylic acids is 1. The van der Waals surface area contributed by atoms with Crippen molar-refractivity contribution in [1.82, 2.24) is 26.7 Å². The number of ether oxygens (including phenoxy) is 1. The topological polar surface area (TPSA) is 95.7 Å². The Morgan fingerprint density at radius 3 is 2.81 bits per heavy atom. The van der Waals surface area contributed by atoms with E-state index in [4.69, 9.17) is 4.84 Å².